The minimum absolute atomic E-state index is 0.00306. The Balaban J connectivity index is 1.71. The number of quaternary nitrogens is 1. The lowest BCUT2D eigenvalue weighted by Crippen LogP contribution is -2.59. The van der Waals surface area contributed by atoms with Gasteiger partial charge in [-0.25, -0.2) is 10.2 Å². The molecule has 3 rings (SSSR count). The van der Waals surface area contributed by atoms with Gasteiger partial charge in [0.25, 0.3) is 5.91 Å². The molecule has 0 unspecified atom stereocenters. The summed E-state index contributed by atoms with van der Waals surface area (Å²) >= 11 is 0. The average molecular weight is 312 g/mol. The van der Waals surface area contributed by atoms with E-state index in [9.17, 15) is 9.59 Å². The molecule has 2 aromatic rings. The van der Waals surface area contributed by atoms with E-state index in [0.717, 1.165) is 11.1 Å². The van der Waals surface area contributed by atoms with Gasteiger partial charge in [0.2, 0.25) is 0 Å². The van der Waals surface area contributed by atoms with Crippen molar-refractivity contribution in [3.05, 3.63) is 59.7 Å². The van der Waals surface area contributed by atoms with E-state index in [-0.39, 0.29) is 25.0 Å². The second-order valence-corrected chi connectivity index (χ2v) is 5.25. The van der Waals surface area contributed by atoms with Gasteiger partial charge in [0, 0.05) is 5.92 Å². The lowest BCUT2D eigenvalue weighted by molar-refractivity contribution is -0.355. The van der Waals surface area contributed by atoms with Crippen LogP contribution in [0.1, 0.15) is 17.0 Å². The third-order valence-electron chi connectivity index (χ3n) is 3.87. The highest BCUT2D eigenvalue weighted by molar-refractivity contribution is 5.80. The van der Waals surface area contributed by atoms with Crippen LogP contribution in [-0.4, -0.2) is 25.2 Å². The summed E-state index contributed by atoms with van der Waals surface area (Å²) in [5.74, 6) is -0.379. The first-order valence-corrected chi connectivity index (χ1v) is 7.39. The Morgan fingerprint density at radius 3 is 2.09 bits per heavy atom. The maximum atomic E-state index is 11.7. The van der Waals surface area contributed by atoms with Gasteiger partial charge in [-0.15, -0.1) is 0 Å². The molecule has 0 aromatic heterocycles. The molecule has 0 saturated heterocycles. The van der Waals surface area contributed by atoms with Gasteiger partial charge in [0.15, 0.2) is 6.54 Å². The highest BCUT2D eigenvalue weighted by Gasteiger charge is 2.28. The maximum absolute atomic E-state index is 11.7. The van der Waals surface area contributed by atoms with Crippen molar-refractivity contribution in [2.45, 2.75) is 5.92 Å². The van der Waals surface area contributed by atoms with E-state index in [1.807, 2.05) is 36.4 Å². The van der Waals surface area contributed by atoms with E-state index in [2.05, 4.69) is 28.7 Å². The number of hydrogen-bond acceptors (Lipinski definition) is 3. The lowest BCUT2D eigenvalue weighted by Gasteiger charge is -2.14. The third kappa shape index (κ3) is 3.02. The standard InChI is InChI=1S/C17H17N3O3/c18-9-16(21)19-20-17(22)23-10-15-13-7-3-1-5-11(13)12-6-2-4-8-14(12)15/h1-8,15H,9-10,18H2,(H,19,21)(H,20,22)/p+1. The average Bonchev–Trinajstić information content (AvgIpc) is 2.92. The Labute approximate surface area is 133 Å². The van der Waals surface area contributed by atoms with E-state index >= 15 is 0 Å². The lowest BCUT2D eigenvalue weighted by atomic mass is 9.98. The monoisotopic (exact) mass is 312 g/mol. The van der Waals surface area contributed by atoms with Crippen LogP contribution in [0.15, 0.2) is 48.5 Å². The molecule has 0 atom stereocenters. The first-order valence-electron chi connectivity index (χ1n) is 7.39. The number of carbonyl (C=O) groups excluding carboxylic acids is 2. The minimum atomic E-state index is -0.686. The van der Waals surface area contributed by atoms with E-state index < -0.39 is 6.09 Å². The number of hydrogen-bond donors (Lipinski definition) is 3. The van der Waals surface area contributed by atoms with Crippen LogP contribution in [0.3, 0.4) is 0 Å². The van der Waals surface area contributed by atoms with E-state index in [4.69, 9.17) is 4.74 Å². The molecule has 5 N–H and O–H groups in total. The van der Waals surface area contributed by atoms with Crippen LogP contribution in [0, 0.1) is 0 Å². The predicted molar refractivity (Wildman–Crippen MR) is 84.1 cm³/mol. The van der Waals surface area contributed by atoms with Crippen LogP contribution in [0.4, 0.5) is 4.79 Å². The second-order valence-electron chi connectivity index (χ2n) is 5.25. The molecule has 23 heavy (non-hydrogen) atoms. The number of ether oxygens (including phenoxy) is 1. The molecule has 0 saturated carbocycles. The van der Waals surface area contributed by atoms with Crippen molar-refractivity contribution >= 4 is 12.0 Å². The summed E-state index contributed by atoms with van der Waals surface area (Å²) in [4.78, 5) is 22.7. The van der Waals surface area contributed by atoms with Crippen LogP contribution in [0.5, 0.6) is 0 Å². The normalized spacial score (nSPS) is 12.2. The van der Waals surface area contributed by atoms with Crippen molar-refractivity contribution in [1.29, 1.82) is 0 Å². The molecule has 6 heteroatoms. The van der Waals surface area contributed by atoms with Crippen molar-refractivity contribution < 1.29 is 20.1 Å². The highest BCUT2D eigenvalue weighted by Crippen LogP contribution is 2.44. The zero-order chi connectivity index (χ0) is 16.2. The molecular formula is C17H18N3O3+. The second kappa shape index (κ2) is 6.50. The minimum Gasteiger partial charge on any atom is -0.447 e. The van der Waals surface area contributed by atoms with Gasteiger partial charge in [-0.2, -0.15) is 0 Å². The Morgan fingerprint density at radius 2 is 1.52 bits per heavy atom. The molecule has 2 amide bonds. The summed E-state index contributed by atoms with van der Waals surface area (Å²) in [6.45, 7) is 0.254. The quantitative estimate of drug-likeness (QED) is 0.732. The van der Waals surface area contributed by atoms with Gasteiger partial charge in [-0.1, -0.05) is 48.5 Å². The molecule has 0 aliphatic heterocycles. The fourth-order valence-electron chi connectivity index (χ4n) is 2.82. The summed E-state index contributed by atoms with van der Waals surface area (Å²) in [5.41, 5.74) is 12.5. The smallest absolute Gasteiger partial charge is 0.426 e. The summed E-state index contributed by atoms with van der Waals surface area (Å²) in [5, 5.41) is 0. The number of benzene rings is 2. The van der Waals surface area contributed by atoms with Crippen LogP contribution < -0.4 is 16.6 Å². The topological polar surface area (TPSA) is 95.1 Å². The largest absolute Gasteiger partial charge is 0.447 e. The Kier molecular flexibility index (Phi) is 4.25. The third-order valence-corrected chi connectivity index (χ3v) is 3.87. The van der Waals surface area contributed by atoms with Crippen LogP contribution >= 0.6 is 0 Å². The van der Waals surface area contributed by atoms with Gasteiger partial charge >= 0.3 is 6.09 Å². The molecule has 118 valence electrons. The van der Waals surface area contributed by atoms with E-state index in [1.54, 1.807) is 0 Å². The summed E-state index contributed by atoms with van der Waals surface area (Å²) in [7, 11) is 0. The van der Waals surface area contributed by atoms with Crippen LogP contribution in [-0.2, 0) is 9.53 Å². The molecular weight excluding hydrogens is 294 g/mol. The van der Waals surface area contributed by atoms with Gasteiger partial charge in [0.1, 0.15) is 6.61 Å². The Bertz CT molecular complexity index is 700. The summed E-state index contributed by atoms with van der Waals surface area (Å²) in [6.07, 6.45) is -0.686. The molecule has 0 radical (unpaired) electrons. The van der Waals surface area contributed by atoms with Gasteiger partial charge in [-0.05, 0) is 22.3 Å². The molecule has 0 spiro atoms. The van der Waals surface area contributed by atoms with E-state index in [0.29, 0.717) is 0 Å². The molecule has 1 aliphatic rings. The fourth-order valence-corrected chi connectivity index (χ4v) is 2.82. The first-order chi connectivity index (χ1) is 11.2. The summed E-state index contributed by atoms with van der Waals surface area (Å²) in [6, 6.07) is 16.2. The Hall–Kier alpha value is -2.86. The van der Waals surface area contributed by atoms with Crippen molar-refractivity contribution in [2.75, 3.05) is 13.2 Å². The van der Waals surface area contributed by atoms with Gasteiger partial charge < -0.3 is 10.5 Å². The molecule has 2 aromatic carbocycles. The van der Waals surface area contributed by atoms with Crippen molar-refractivity contribution in [3.8, 4) is 11.1 Å². The highest BCUT2D eigenvalue weighted by atomic mass is 16.6. The van der Waals surface area contributed by atoms with Crippen molar-refractivity contribution in [3.63, 3.8) is 0 Å². The van der Waals surface area contributed by atoms with Crippen LogP contribution in [0.2, 0.25) is 0 Å². The first kappa shape index (κ1) is 15.1. The van der Waals surface area contributed by atoms with E-state index in [1.165, 1.54) is 11.1 Å². The number of carbonyl (C=O) groups is 2. The van der Waals surface area contributed by atoms with Gasteiger partial charge in [-0.3, -0.25) is 10.2 Å². The number of hydrazine groups is 1. The molecule has 6 nitrogen and oxygen atoms in total. The zero-order valence-electron chi connectivity index (χ0n) is 12.5. The SMILES string of the molecule is [NH3+]CC(=O)NNC(=O)OCC1c2ccccc2-c2ccccc21. The number of nitrogens with one attached hydrogen (secondary N) is 2. The summed E-state index contributed by atoms with van der Waals surface area (Å²) < 4.78 is 5.25. The molecule has 0 heterocycles. The molecule has 0 fully saturated rings. The molecule has 0 bridgehead atoms. The number of fused-ring (bicyclic) bond motifs is 3. The van der Waals surface area contributed by atoms with Gasteiger partial charge in [0.05, 0.1) is 0 Å². The van der Waals surface area contributed by atoms with Crippen molar-refractivity contribution in [2.24, 2.45) is 0 Å². The Morgan fingerprint density at radius 1 is 0.957 bits per heavy atom. The van der Waals surface area contributed by atoms with Crippen molar-refractivity contribution in [1.82, 2.24) is 10.9 Å². The molecule has 1 aliphatic carbocycles. The number of rotatable bonds is 3. The predicted octanol–water partition coefficient (Wildman–Crippen LogP) is 0.798. The zero-order valence-corrected chi connectivity index (χ0v) is 12.5. The number of amides is 2. The fraction of sp³-hybridized carbons (Fsp3) is 0.176. The van der Waals surface area contributed by atoms with Crippen LogP contribution in [0.25, 0.3) is 11.1 Å². The maximum Gasteiger partial charge on any atom is 0.426 e.